The van der Waals surface area contributed by atoms with E-state index in [2.05, 4.69) is 33.1 Å². The van der Waals surface area contributed by atoms with Gasteiger partial charge in [0.2, 0.25) is 0 Å². The molecule has 2 heterocycles. The fourth-order valence-corrected chi connectivity index (χ4v) is 1.99. The van der Waals surface area contributed by atoms with Gasteiger partial charge in [-0.2, -0.15) is 0 Å². The number of nitrogens with two attached hydrogens (primary N) is 1. The molecule has 5 heteroatoms. The van der Waals surface area contributed by atoms with Crippen molar-refractivity contribution >= 4 is 27.3 Å². The van der Waals surface area contributed by atoms with Crippen molar-refractivity contribution in [1.82, 2.24) is 14.6 Å². The van der Waals surface area contributed by atoms with Crippen LogP contribution in [0.5, 0.6) is 0 Å². The molecule has 0 unspecified atom stereocenters. The fraction of sp³-hybridized carbons (Fsp3) is 0.400. The van der Waals surface area contributed by atoms with Gasteiger partial charge in [-0.1, -0.05) is 13.3 Å². The smallest absolute Gasteiger partial charge is 0.184 e. The van der Waals surface area contributed by atoms with Crippen LogP contribution in [0.4, 0.5) is 5.69 Å². The van der Waals surface area contributed by atoms with Crippen LogP contribution in [0.2, 0.25) is 0 Å². The molecule has 0 fully saturated rings. The molecule has 0 aliphatic carbocycles. The third-order valence-corrected chi connectivity index (χ3v) is 2.76. The molecule has 0 amide bonds. The highest BCUT2D eigenvalue weighted by Gasteiger charge is 2.08. The summed E-state index contributed by atoms with van der Waals surface area (Å²) >= 11 is 3.41. The minimum Gasteiger partial charge on any atom is -0.396 e. The Balaban J connectivity index is 2.49. The Bertz CT molecular complexity index is 477. The maximum atomic E-state index is 5.85. The molecule has 0 radical (unpaired) electrons. The molecule has 2 N–H and O–H groups in total. The molecule has 15 heavy (non-hydrogen) atoms. The number of unbranched alkanes of at least 4 members (excludes halogenated alkanes) is 1. The van der Waals surface area contributed by atoms with Gasteiger partial charge >= 0.3 is 0 Å². The zero-order valence-electron chi connectivity index (χ0n) is 8.57. The Hall–Kier alpha value is -1.10. The van der Waals surface area contributed by atoms with E-state index in [1.165, 1.54) is 0 Å². The first-order valence-corrected chi connectivity index (χ1v) is 5.80. The van der Waals surface area contributed by atoms with Gasteiger partial charge in [0.1, 0.15) is 5.82 Å². The average Bonchev–Trinajstić information content (AvgIpc) is 2.58. The lowest BCUT2D eigenvalue weighted by atomic mass is 10.2. The van der Waals surface area contributed by atoms with Crippen molar-refractivity contribution < 1.29 is 0 Å². The lowest BCUT2D eigenvalue weighted by Crippen LogP contribution is -1.97. The minimum atomic E-state index is 0.652. The molecular formula is C10H13BrN4. The summed E-state index contributed by atoms with van der Waals surface area (Å²) in [6.45, 7) is 2.16. The number of hydrogen-bond donors (Lipinski definition) is 1. The second kappa shape index (κ2) is 4.18. The number of anilines is 1. The fourth-order valence-electron chi connectivity index (χ4n) is 1.54. The van der Waals surface area contributed by atoms with Crippen LogP contribution in [-0.4, -0.2) is 14.6 Å². The summed E-state index contributed by atoms with van der Waals surface area (Å²) in [5, 5.41) is 8.23. The Kier molecular flexibility index (Phi) is 2.90. The number of nitrogen functional groups attached to an aromatic ring is 1. The topological polar surface area (TPSA) is 56.2 Å². The molecule has 0 bridgehead atoms. The van der Waals surface area contributed by atoms with Crippen LogP contribution < -0.4 is 5.73 Å². The SMILES string of the molecule is CCCCc1nnc2c(N)cc(Br)cn12. The Morgan fingerprint density at radius 1 is 1.47 bits per heavy atom. The van der Waals surface area contributed by atoms with Gasteiger partial charge in [0.15, 0.2) is 5.65 Å². The molecule has 0 saturated carbocycles. The van der Waals surface area contributed by atoms with Crippen LogP contribution in [0.1, 0.15) is 25.6 Å². The third kappa shape index (κ3) is 1.97. The van der Waals surface area contributed by atoms with Gasteiger partial charge in [0.05, 0.1) is 5.69 Å². The van der Waals surface area contributed by atoms with E-state index in [-0.39, 0.29) is 0 Å². The maximum Gasteiger partial charge on any atom is 0.184 e. The van der Waals surface area contributed by atoms with Crippen molar-refractivity contribution in [2.24, 2.45) is 0 Å². The zero-order valence-corrected chi connectivity index (χ0v) is 10.2. The Morgan fingerprint density at radius 3 is 3.00 bits per heavy atom. The molecule has 0 aromatic carbocycles. The van der Waals surface area contributed by atoms with E-state index in [0.29, 0.717) is 5.69 Å². The van der Waals surface area contributed by atoms with Gasteiger partial charge in [0.25, 0.3) is 0 Å². The van der Waals surface area contributed by atoms with E-state index in [1.54, 1.807) is 0 Å². The van der Waals surface area contributed by atoms with Gasteiger partial charge in [-0.3, -0.25) is 4.40 Å². The predicted molar refractivity (Wildman–Crippen MR) is 63.7 cm³/mol. The van der Waals surface area contributed by atoms with Gasteiger partial charge in [0, 0.05) is 17.1 Å². The molecule has 0 atom stereocenters. The molecule has 0 saturated heterocycles. The highest BCUT2D eigenvalue weighted by Crippen LogP contribution is 2.19. The van der Waals surface area contributed by atoms with Crippen molar-refractivity contribution in [3.05, 3.63) is 22.6 Å². The lowest BCUT2D eigenvalue weighted by Gasteiger charge is -2.01. The van der Waals surface area contributed by atoms with Gasteiger partial charge in [-0.25, -0.2) is 0 Å². The molecule has 0 spiro atoms. The summed E-state index contributed by atoms with van der Waals surface area (Å²) in [6, 6.07) is 1.84. The quantitative estimate of drug-likeness (QED) is 0.930. The van der Waals surface area contributed by atoms with Gasteiger partial charge in [-0.15, -0.1) is 10.2 Å². The largest absolute Gasteiger partial charge is 0.396 e. The van der Waals surface area contributed by atoms with Crippen molar-refractivity contribution in [1.29, 1.82) is 0 Å². The van der Waals surface area contributed by atoms with E-state index in [9.17, 15) is 0 Å². The summed E-state index contributed by atoms with van der Waals surface area (Å²) in [7, 11) is 0. The number of aryl methyl sites for hydroxylation is 1. The van der Waals surface area contributed by atoms with Crippen molar-refractivity contribution in [2.75, 3.05) is 5.73 Å². The Morgan fingerprint density at radius 2 is 2.27 bits per heavy atom. The molecule has 0 aliphatic heterocycles. The molecule has 2 rings (SSSR count). The molecule has 80 valence electrons. The third-order valence-electron chi connectivity index (χ3n) is 2.32. The number of rotatable bonds is 3. The second-order valence-electron chi connectivity index (χ2n) is 3.53. The highest BCUT2D eigenvalue weighted by molar-refractivity contribution is 9.10. The van der Waals surface area contributed by atoms with Crippen LogP contribution in [0.25, 0.3) is 5.65 Å². The summed E-state index contributed by atoms with van der Waals surface area (Å²) < 4.78 is 2.90. The summed E-state index contributed by atoms with van der Waals surface area (Å²) in [5.74, 6) is 0.972. The van der Waals surface area contributed by atoms with Crippen LogP contribution in [0.3, 0.4) is 0 Å². The molecule has 4 nitrogen and oxygen atoms in total. The van der Waals surface area contributed by atoms with E-state index in [0.717, 1.165) is 35.2 Å². The second-order valence-corrected chi connectivity index (χ2v) is 4.44. The number of fused-ring (bicyclic) bond motifs is 1. The normalized spacial score (nSPS) is 11.1. The maximum absolute atomic E-state index is 5.85. The average molecular weight is 269 g/mol. The molecular weight excluding hydrogens is 256 g/mol. The highest BCUT2D eigenvalue weighted by atomic mass is 79.9. The standard InChI is InChI=1S/C10H13BrN4/c1-2-3-4-9-13-14-10-8(12)5-7(11)6-15(9)10/h5-6H,2-4,12H2,1H3. The number of pyridine rings is 1. The number of nitrogens with zero attached hydrogens (tertiary/aromatic N) is 3. The zero-order chi connectivity index (χ0) is 10.8. The van der Waals surface area contributed by atoms with Crippen molar-refractivity contribution in [2.45, 2.75) is 26.2 Å². The van der Waals surface area contributed by atoms with Crippen LogP contribution in [-0.2, 0) is 6.42 Å². The molecule has 0 aliphatic rings. The summed E-state index contributed by atoms with van der Waals surface area (Å²) in [5.41, 5.74) is 7.24. The number of hydrogen-bond acceptors (Lipinski definition) is 3. The monoisotopic (exact) mass is 268 g/mol. The van der Waals surface area contributed by atoms with Crippen molar-refractivity contribution in [3.63, 3.8) is 0 Å². The van der Waals surface area contributed by atoms with E-state index >= 15 is 0 Å². The van der Waals surface area contributed by atoms with Gasteiger partial charge in [-0.05, 0) is 28.4 Å². The van der Waals surface area contributed by atoms with E-state index in [1.807, 2.05) is 16.7 Å². The van der Waals surface area contributed by atoms with Crippen LogP contribution >= 0.6 is 15.9 Å². The first kappa shape index (κ1) is 10.4. The number of halogens is 1. The lowest BCUT2D eigenvalue weighted by molar-refractivity contribution is 0.743. The van der Waals surface area contributed by atoms with E-state index < -0.39 is 0 Å². The summed E-state index contributed by atoms with van der Waals surface area (Å²) in [4.78, 5) is 0. The van der Waals surface area contributed by atoms with Crippen molar-refractivity contribution in [3.8, 4) is 0 Å². The first-order chi connectivity index (χ1) is 7.22. The van der Waals surface area contributed by atoms with Crippen LogP contribution in [0.15, 0.2) is 16.7 Å². The summed E-state index contributed by atoms with van der Waals surface area (Å²) in [6.07, 6.45) is 5.16. The Labute approximate surface area is 96.6 Å². The minimum absolute atomic E-state index is 0.652. The van der Waals surface area contributed by atoms with E-state index in [4.69, 9.17) is 5.73 Å². The predicted octanol–water partition coefficient (Wildman–Crippen LogP) is 2.42. The first-order valence-electron chi connectivity index (χ1n) is 5.01. The molecule has 2 aromatic heterocycles. The molecule has 2 aromatic rings. The van der Waals surface area contributed by atoms with Crippen LogP contribution in [0, 0.1) is 0 Å². The number of aromatic nitrogens is 3. The van der Waals surface area contributed by atoms with Gasteiger partial charge < -0.3 is 5.73 Å².